The van der Waals surface area contributed by atoms with Gasteiger partial charge in [-0.3, -0.25) is 0 Å². The minimum atomic E-state index is -1.59. The topological polar surface area (TPSA) is 63.6 Å². The van der Waals surface area contributed by atoms with Crippen LogP contribution >= 0.6 is 9.47 Å². The molecule has 0 spiro atoms. The van der Waals surface area contributed by atoms with Crippen LogP contribution in [0.1, 0.15) is 1.43 Å². The summed E-state index contributed by atoms with van der Waals surface area (Å²) in [6, 6.07) is 0. The van der Waals surface area contributed by atoms with E-state index >= 15 is 0 Å². The summed E-state index contributed by atoms with van der Waals surface area (Å²) in [6.07, 6.45) is 0. The molecule has 0 heterocycles. The second-order valence-electron chi connectivity index (χ2n) is 0.710. The number of carboxylic acid groups (broad SMARTS) is 1. The molecule has 0 aliphatic heterocycles. The molecule has 1 N–H and O–H groups in total. The summed E-state index contributed by atoms with van der Waals surface area (Å²) in [5.41, 5.74) is 0. The van der Waals surface area contributed by atoms with Gasteiger partial charge in [-0.05, 0) is 0 Å². The summed E-state index contributed by atoms with van der Waals surface area (Å²) in [5, 5.41) is 7.69. The summed E-state index contributed by atoms with van der Waals surface area (Å²) in [6.45, 7) is 0. The van der Waals surface area contributed by atoms with Gasteiger partial charge in [-0.2, -0.15) is 0 Å². The molecule has 6 heteroatoms. The van der Waals surface area contributed by atoms with Gasteiger partial charge in [0.25, 0.3) is 0 Å². The van der Waals surface area contributed by atoms with Crippen LogP contribution in [0.25, 0.3) is 0 Å². The first-order valence-electron chi connectivity index (χ1n) is 1.32. The molecule has 1 atom stereocenters. The van der Waals surface area contributed by atoms with Crippen molar-refractivity contribution in [3.05, 3.63) is 0 Å². The normalized spacial score (nSPS) is 6.62. The van der Waals surface area contributed by atoms with Gasteiger partial charge in [-0.15, -0.1) is 0 Å². The fourth-order valence-electron chi connectivity index (χ4n) is 0.0504. The maximum absolute atomic E-state index is 9.67. The van der Waals surface area contributed by atoms with Gasteiger partial charge in [0.05, 0.1) is 9.47 Å². The first-order chi connectivity index (χ1) is 3.18. The van der Waals surface area contributed by atoms with E-state index in [9.17, 15) is 9.59 Å². The minimum absolute atomic E-state index is 0. The first kappa shape index (κ1) is 11.2. The molecule has 0 aromatic carbocycles. The smallest absolute Gasteiger partial charge is 1.00 e. The Morgan fingerprint density at radius 1 is 1.62 bits per heavy atom. The Balaban J connectivity index is -0.000000180. The fourth-order valence-corrected chi connectivity index (χ4v) is 0.151. The Morgan fingerprint density at radius 3 is 2.00 bits per heavy atom. The van der Waals surface area contributed by atoms with E-state index in [2.05, 4.69) is 4.52 Å². The van der Waals surface area contributed by atoms with Crippen molar-refractivity contribution < 1.29 is 50.2 Å². The van der Waals surface area contributed by atoms with E-state index < -0.39 is 11.9 Å². The Labute approximate surface area is 71.6 Å². The van der Waals surface area contributed by atoms with Crippen LogP contribution in [0.5, 0.6) is 0 Å². The van der Waals surface area contributed by atoms with Crippen LogP contribution < -0.4 is 29.6 Å². The fraction of sp³-hybridized carbons (Fsp3) is 0. The van der Waals surface area contributed by atoms with Crippen LogP contribution in [0, 0.1) is 0 Å². The van der Waals surface area contributed by atoms with Crippen LogP contribution in [0.15, 0.2) is 0 Å². The molecule has 0 aromatic heterocycles. The van der Waals surface area contributed by atoms with Crippen molar-refractivity contribution >= 4 is 21.4 Å². The summed E-state index contributed by atoms with van der Waals surface area (Å²) in [5.74, 6) is -2.86. The number of carboxylic acids is 1. The van der Waals surface area contributed by atoms with E-state index in [0.29, 0.717) is 0 Å². The van der Waals surface area contributed by atoms with E-state index in [4.69, 9.17) is 5.11 Å². The molecule has 1 unspecified atom stereocenters. The Morgan fingerprint density at radius 2 is 2.00 bits per heavy atom. The number of carbonyl (C=O) groups excluding carboxylic acids is 1. The second-order valence-corrected chi connectivity index (χ2v) is 0.946. The van der Waals surface area contributed by atoms with E-state index in [1.54, 1.807) is 0 Å². The molecule has 8 heavy (non-hydrogen) atoms. The number of hydrogen-bond acceptors (Lipinski definition) is 3. The second kappa shape index (κ2) is 5.51. The molecule has 0 saturated carbocycles. The number of aliphatic carboxylic acids is 1. The average Bonchev–Trinajstić information content (AvgIpc) is 1.65. The monoisotopic (exact) mass is 146 g/mol. The van der Waals surface area contributed by atoms with Gasteiger partial charge >= 0.3 is 41.5 Å². The van der Waals surface area contributed by atoms with Crippen LogP contribution in [0.4, 0.5) is 0 Å². The third kappa shape index (κ3) is 4.53. The predicted molar refractivity (Wildman–Crippen MR) is 24.5 cm³/mol. The summed E-state index contributed by atoms with van der Waals surface area (Å²) < 4.78 is 3.69. The molecule has 0 radical (unpaired) electrons. The SMILES string of the molecule is O=C(O)C(=O)OP.[H-].[Na+]. The molecular weight excluding hydrogens is 142 g/mol. The molecule has 0 aliphatic carbocycles. The average molecular weight is 146 g/mol. The van der Waals surface area contributed by atoms with E-state index in [-0.39, 0.29) is 31.0 Å². The van der Waals surface area contributed by atoms with Crippen molar-refractivity contribution in [2.45, 2.75) is 0 Å². The molecule has 42 valence electrons. The maximum Gasteiger partial charge on any atom is 1.00 e. The van der Waals surface area contributed by atoms with Crippen LogP contribution in [0.2, 0.25) is 0 Å². The summed E-state index contributed by atoms with van der Waals surface area (Å²) >= 11 is 0. The Hall–Kier alpha value is 0.370. The van der Waals surface area contributed by atoms with Crippen LogP contribution in [-0.4, -0.2) is 17.0 Å². The Kier molecular flexibility index (Phi) is 7.71. The number of carbonyl (C=O) groups is 2. The van der Waals surface area contributed by atoms with E-state index in [0.717, 1.165) is 0 Å². The van der Waals surface area contributed by atoms with Crippen molar-refractivity contribution in [1.29, 1.82) is 0 Å². The molecule has 0 amide bonds. The molecular formula is C2H4NaO4P. The zero-order valence-electron chi connectivity index (χ0n) is 5.25. The van der Waals surface area contributed by atoms with E-state index in [1.165, 1.54) is 9.47 Å². The minimum Gasteiger partial charge on any atom is -1.00 e. The van der Waals surface area contributed by atoms with Crippen molar-refractivity contribution in [3.63, 3.8) is 0 Å². The number of rotatable bonds is 0. The van der Waals surface area contributed by atoms with Crippen molar-refractivity contribution in [2.75, 3.05) is 0 Å². The van der Waals surface area contributed by atoms with Gasteiger partial charge < -0.3 is 11.1 Å². The van der Waals surface area contributed by atoms with Crippen LogP contribution in [-0.2, 0) is 14.1 Å². The molecule has 0 aliphatic rings. The van der Waals surface area contributed by atoms with Gasteiger partial charge in [0, 0.05) is 0 Å². The zero-order valence-corrected chi connectivity index (χ0v) is 7.40. The third-order valence-electron chi connectivity index (χ3n) is 0.282. The maximum atomic E-state index is 9.67. The molecule has 0 fully saturated rings. The van der Waals surface area contributed by atoms with E-state index in [1.807, 2.05) is 0 Å². The van der Waals surface area contributed by atoms with Crippen molar-refractivity contribution in [3.8, 4) is 0 Å². The predicted octanol–water partition coefficient (Wildman–Crippen LogP) is -3.48. The van der Waals surface area contributed by atoms with Crippen molar-refractivity contribution in [2.24, 2.45) is 0 Å². The van der Waals surface area contributed by atoms with Gasteiger partial charge in [0.15, 0.2) is 0 Å². The molecule has 0 bridgehead atoms. The van der Waals surface area contributed by atoms with Crippen LogP contribution in [0.3, 0.4) is 0 Å². The quantitative estimate of drug-likeness (QED) is 0.219. The van der Waals surface area contributed by atoms with Gasteiger partial charge in [0.2, 0.25) is 0 Å². The van der Waals surface area contributed by atoms with Gasteiger partial charge in [-0.1, -0.05) is 0 Å². The summed E-state index contributed by atoms with van der Waals surface area (Å²) in [4.78, 5) is 19.1. The molecule has 0 rings (SSSR count). The first-order valence-corrected chi connectivity index (χ1v) is 1.79. The molecule has 0 aromatic rings. The largest absolute Gasteiger partial charge is 1.00 e. The number of hydrogen-bond donors (Lipinski definition) is 1. The third-order valence-corrected chi connectivity index (χ3v) is 0.496. The standard InChI is InChI=1S/C2H3O4P.Na.H/c3-1(4)2(5)6-7;;/h7H2,(H,3,4);;/q;+1;-1. The van der Waals surface area contributed by atoms with Gasteiger partial charge in [-0.25, -0.2) is 9.59 Å². The van der Waals surface area contributed by atoms with Gasteiger partial charge in [0.1, 0.15) is 0 Å². The Bertz CT molecular complexity index is 107. The molecule has 4 nitrogen and oxygen atoms in total. The van der Waals surface area contributed by atoms with Crippen molar-refractivity contribution in [1.82, 2.24) is 0 Å². The summed E-state index contributed by atoms with van der Waals surface area (Å²) in [7, 11) is 1.53. The molecule has 0 saturated heterocycles. The zero-order chi connectivity index (χ0) is 5.86.